The molecule has 0 bridgehead atoms. The summed E-state index contributed by atoms with van der Waals surface area (Å²) in [6, 6.07) is 4.96. The fourth-order valence-electron chi connectivity index (χ4n) is 1.55. The first-order valence-electron chi connectivity index (χ1n) is 6.16. The largest absolute Gasteiger partial charge is 0.489 e. The van der Waals surface area contributed by atoms with Gasteiger partial charge in [0.25, 0.3) is 0 Å². The van der Waals surface area contributed by atoms with Crippen LogP contribution in [0, 0.1) is 11.3 Å². The number of anilines is 1. The number of nitriles is 1. The number of ether oxygens (including phenoxy) is 3. The highest BCUT2D eigenvalue weighted by molar-refractivity contribution is 5.99. The Morgan fingerprint density at radius 3 is 2.65 bits per heavy atom. The smallest absolute Gasteiger partial charge is 0.341 e. The molecule has 0 heterocycles. The number of rotatable bonds is 6. The molecule has 0 aliphatic rings. The van der Waals surface area contributed by atoms with Crippen LogP contribution in [0.15, 0.2) is 12.1 Å². The van der Waals surface area contributed by atoms with Gasteiger partial charge in [0.05, 0.1) is 24.0 Å². The highest BCUT2D eigenvalue weighted by atomic mass is 16.5. The van der Waals surface area contributed by atoms with E-state index in [0.29, 0.717) is 19.0 Å². The minimum absolute atomic E-state index is 0.0381. The van der Waals surface area contributed by atoms with Gasteiger partial charge in [-0.05, 0) is 26.0 Å². The number of carbonyl (C=O) groups is 1. The van der Waals surface area contributed by atoms with Crippen LogP contribution in [-0.4, -0.2) is 32.4 Å². The zero-order valence-electron chi connectivity index (χ0n) is 11.8. The second-order valence-electron chi connectivity index (χ2n) is 4.31. The molecule has 0 aliphatic carbocycles. The maximum Gasteiger partial charge on any atom is 0.341 e. The molecule has 0 saturated heterocycles. The molecule has 108 valence electrons. The number of nitrogens with zero attached hydrogens (tertiary/aromatic N) is 1. The Hall–Kier alpha value is -2.26. The summed E-state index contributed by atoms with van der Waals surface area (Å²) < 4.78 is 15.4. The van der Waals surface area contributed by atoms with E-state index in [1.165, 1.54) is 6.07 Å². The summed E-state index contributed by atoms with van der Waals surface area (Å²) in [6.07, 6.45) is -0.300. The minimum Gasteiger partial charge on any atom is -0.489 e. The number of carbonyl (C=O) groups excluding carboxylic acids is 1. The van der Waals surface area contributed by atoms with Crippen LogP contribution in [0.1, 0.15) is 29.8 Å². The highest BCUT2D eigenvalue weighted by Gasteiger charge is 2.21. The van der Waals surface area contributed by atoms with Crippen LogP contribution in [-0.2, 0) is 9.47 Å². The number of esters is 1. The van der Waals surface area contributed by atoms with Crippen LogP contribution in [0.3, 0.4) is 0 Å². The van der Waals surface area contributed by atoms with Gasteiger partial charge in [-0.3, -0.25) is 0 Å². The first-order valence-corrected chi connectivity index (χ1v) is 6.16. The molecule has 0 saturated carbocycles. The highest BCUT2D eigenvalue weighted by Crippen LogP contribution is 2.29. The Kier molecular flexibility index (Phi) is 5.81. The van der Waals surface area contributed by atoms with Crippen LogP contribution in [0.2, 0.25) is 0 Å². The number of nitrogen functional groups attached to an aromatic ring is 1. The maximum atomic E-state index is 12.0. The van der Waals surface area contributed by atoms with Crippen molar-refractivity contribution in [1.29, 1.82) is 5.26 Å². The van der Waals surface area contributed by atoms with Crippen molar-refractivity contribution < 1.29 is 19.0 Å². The van der Waals surface area contributed by atoms with E-state index in [0.717, 1.165) is 0 Å². The zero-order valence-corrected chi connectivity index (χ0v) is 11.8. The Morgan fingerprint density at radius 1 is 1.40 bits per heavy atom. The third-order valence-electron chi connectivity index (χ3n) is 2.42. The first kappa shape index (κ1) is 15.8. The van der Waals surface area contributed by atoms with Gasteiger partial charge in [-0.25, -0.2) is 4.79 Å². The van der Waals surface area contributed by atoms with Crippen molar-refractivity contribution in [2.75, 3.05) is 26.1 Å². The van der Waals surface area contributed by atoms with E-state index in [9.17, 15) is 4.79 Å². The lowest BCUT2D eigenvalue weighted by molar-refractivity contribution is 0.0378. The van der Waals surface area contributed by atoms with Crippen LogP contribution < -0.4 is 10.5 Å². The molecule has 2 N–H and O–H groups in total. The summed E-state index contributed by atoms with van der Waals surface area (Å²) >= 11 is 0. The Labute approximate surface area is 118 Å². The molecule has 20 heavy (non-hydrogen) atoms. The van der Waals surface area contributed by atoms with Crippen LogP contribution >= 0.6 is 0 Å². The van der Waals surface area contributed by atoms with Crippen molar-refractivity contribution in [3.63, 3.8) is 0 Å². The normalized spacial score (nSPS) is 10.2. The fraction of sp³-hybridized carbons (Fsp3) is 0.429. The van der Waals surface area contributed by atoms with Gasteiger partial charge in [0.15, 0.2) is 0 Å². The Bertz CT molecular complexity index is 521. The minimum atomic E-state index is -0.633. The van der Waals surface area contributed by atoms with Gasteiger partial charge < -0.3 is 19.9 Å². The standard InChI is InChI=1S/C14H18N2O4/c1-9(2)20-14(17)12-10(8-15)4-5-11(13(12)16)19-7-6-18-3/h4-5,9H,6-7,16H2,1-3H3. The molecule has 0 spiro atoms. The molecule has 0 unspecified atom stereocenters. The van der Waals surface area contributed by atoms with Gasteiger partial charge in [-0.2, -0.15) is 5.26 Å². The lowest BCUT2D eigenvalue weighted by atomic mass is 10.1. The van der Waals surface area contributed by atoms with E-state index >= 15 is 0 Å². The predicted molar refractivity (Wildman–Crippen MR) is 73.5 cm³/mol. The van der Waals surface area contributed by atoms with Crippen LogP contribution in [0.4, 0.5) is 5.69 Å². The average molecular weight is 278 g/mol. The third-order valence-corrected chi connectivity index (χ3v) is 2.42. The molecule has 1 aromatic rings. The molecule has 1 aromatic carbocycles. The van der Waals surface area contributed by atoms with Crippen molar-refractivity contribution in [1.82, 2.24) is 0 Å². The van der Waals surface area contributed by atoms with Crippen LogP contribution in [0.25, 0.3) is 0 Å². The SMILES string of the molecule is COCCOc1ccc(C#N)c(C(=O)OC(C)C)c1N. The number of hydrogen-bond acceptors (Lipinski definition) is 6. The Morgan fingerprint density at radius 2 is 2.10 bits per heavy atom. The van der Waals surface area contributed by atoms with Gasteiger partial charge in [0.1, 0.15) is 24.0 Å². The van der Waals surface area contributed by atoms with Gasteiger partial charge in [0.2, 0.25) is 0 Å². The summed E-state index contributed by atoms with van der Waals surface area (Å²) in [7, 11) is 1.55. The maximum absolute atomic E-state index is 12.0. The first-order chi connectivity index (χ1) is 9.51. The van der Waals surface area contributed by atoms with Crippen molar-refractivity contribution in [2.45, 2.75) is 20.0 Å². The molecular weight excluding hydrogens is 260 g/mol. The van der Waals surface area contributed by atoms with E-state index in [4.69, 9.17) is 25.2 Å². The second-order valence-corrected chi connectivity index (χ2v) is 4.31. The van der Waals surface area contributed by atoms with Gasteiger partial charge in [-0.1, -0.05) is 0 Å². The van der Waals surface area contributed by atoms with Crippen molar-refractivity contribution >= 4 is 11.7 Å². The van der Waals surface area contributed by atoms with E-state index < -0.39 is 5.97 Å². The summed E-state index contributed by atoms with van der Waals surface area (Å²) in [5.41, 5.74) is 6.20. The molecule has 0 atom stereocenters. The number of benzene rings is 1. The molecule has 6 heteroatoms. The number of methoxy groups -OCH3 is 1. The second kappa shape index (κ2) is 7.36. The quantitative estimate of drug-likeness (QED) is 0.484. The molecule has 0 fully saturated rings. The predicted octanol–water partition coefficient (Wildman–Crippen LogP) is 1.73. The van der Waals surface area contributed by atoms with E-state index in [1.807, 2.05) is 6.07 Å². The average Bonchev–Trinajstić information content (AvgIpc) is 2.39. The summed E-state index contributed by atoms with van der Waals surface area (Å²) in [5.74, 6) is -0.303. The molecule has 0 radical (unpaired) electrons. The van der Waals surface area contributed by atoms with Crippen molar-refractivity contribution in [3.05, 3.63) is 23.3 Å². The summed E-state index contributed by atoms with van der Waals surface area (Å²) in [6.45, 7) is 4.13. The van der Waals surface area contributed by atoms with E-state index in [-0.39, 0.29) is 22.9 Å². The Balaban J connectivity index is 3.09. The zero-order chi connectivity index (χ0) is 15.1. The summed E-state index contributed by atoms with van der Waals surface area (Å²) in [5, 5.41) is 9.06. The summed E-state index contributed by atoms with van der Waals surface area (Å²) in [4.78, 5) is 12.0. The lowest BCUT2D eigenvalue weighted by Crippen LogP contribution is -2.16. The topological polar surface area (TPSA) is 94.6 Å². The monoisotopic (exact) mass is 278 g/mol. The van der Waals surface area contributed by atoms with E-state index in [1.54, 1.807) is 27.0 Å². The molecule has 0 aliphatic heterocycles. The van der Waals surface area contributed by atoms with Gasteiger partial charge >= 0.3 is 5.97 Å². The van der Waals surface area contributed by atoms with Gasteiger partial charge in [0, 0.05) is 7.11 Å². The van der Waals surface area contributed by atoms with Crippen LogP contribution in [0.5, 0.6) is 5.75 Å². The molecular formula is C14H18N2O4. The molecule has 6 nitrogen and oxygen atoms in total. The molecule has 1 rings (SSSR count). The van der Waals surface area contributed by atoms with Crippen molar-refractivity contribution in [2.24, 2.45) is 0 Å². The number of nitrogens with two attached hydrogens (primary N) is 1. The fourth-order valence-corrected chi connectivity index (χ4v) is 1.55. The lowest BCUT2D eigenvalue weighted by Gasteiger charge is -2.14. The molecule has 0 amide bonds. The van der Waals surface area contributed by atoms with E-state index in [2.05, 4.69) is 0 Å². The molecule has 0 aromatic heterocycles. The third kappa shape index (κ3) is 3.87. The number of hydrogen-bond donors (Lipinski definition) is 1. The van der Waals surface area contributed by atoms with Gasteiger partial charge in [-0.15, -0.1) is 0 Å². The van der Waals surface area contributed by atoms with Crippen molar-refractivity contribution in [3.8, 4) is 11.8 Å².